The second-order valence-corrected chi connectivity index (χ2v) is 18.0. The number of carbonyl (C=O) groups excluding carboxylic acids is 2. The minimum Gasteiger partial charge on any atom is -0.459 e. The van der Waals surface area contributed by atoms with Crippen LogP contribution in [0.1, 0.15) is 114 Å². The lowest BCUT2D eigenvalue weighted by Gasteiger charge is -2.62. The van der Waals surface area contributed by atoms with E-state index in [1.54, 1.807) is 14.2 Å². The Hall–Kier alpha value is -1.06. The van der Waals surface area contributed by atoms with Crippen LogP contribution in [0, 0.1) is 56.2 Å². The maximum Gasteiger partial charge on any atom is 0.303 e. The van der Waals surface area contributed by atoms with Gasteiger partial charge in [-0.1, -0.05) is 55.4 Å². The van der Waals surface area contributed by atoms with Gasteiger partial charge in [0, 0.05) is 37.9 Å². The first-order chi connectivity index (χ1) is 20.9. The van der Waals surface area contributed by atoms with E-state index in [0.717, 1.165) is 38.5 Å². The van der Waals surface area contributed by atoms with Crippen molar-refractivity contribution in [1.29, 1.82) is 0 Å². The lowest BCUT2D eigenvalue weighted by Crippen LogP contribution is -2.59. The van der Waals surface area contributed by atoms with Crippen LogP contribution in [0.5, 0.6) is 0 Å². The highest BCUT2D eigenvalue weighted by molar-refractivity contribution is 5.93. The number of hydrogen-bond donors (Lipinski definition) is 0. The van der Waals surface area contributed by atoms with Crippen molar-refractivity contribution in [2.75, 3.05) is 21.0 Å². The molecule has 8 heteroatoms. The molecular formula is C37H60O8. The number of methoxy groups -OCH3 is 2. The summed E-state index contributed by atoms with van der Waals surface area (Å²) >= 11 is 0. The Kier molecular flexibility index (Phi) is 8.25. The highest BCUT2D eigenvalue weighted by atomic mass is 16.9. The molecule has 6 aliphatic rings. The maximum atomic E-state index is 15.0. The number of carbonyl (C=O) groups is 2. The summed E-state index contributed by atoms with van der Waals surface area (Å²) < 4.78 is 35.5. The molecule has 45 heavy (non-hydrogen) atoms. The molecule has 2 spiro atoms. The average molecular weight is 633 g/mol. The Morgan fingerprint density at radius 3 is 2.29 bits per heavy atom. The molecule has 5 saturated carbocycles. The molecule has 8 nitrogen and oxygen atoms in total. The Morgan fingerprint density at radius 1 is 1.00 bits per heavy atom. The first-order valence-corrected chi connectivity index (χ1v) is 17.6. The lowest BCUT2D eigenvalue weighted by atomic mass is 9.41. The molecule has 0 aromatic rings. The van der Waals surface area contributed by atoms with Crippen molar-refractivity contribution in [2.24, 2.45) is 56.2 Å². The van der Waals surface area contributed by atoms with E-state index in [9.17, 15) is 9.59 Å². The molecule has 1 saturated heterocycles. The highest BCUT2D eigenvalue weighted by Crippen LogP contribution is 2.89. The van der Waals surface area contributed by atoms with Crippen molar-refractivity contribution in [1.82, 2.24) is 0 Å². The Morgan fingerprint density at radius 2 is 1.67 bits per heavy atom. The molecule has 0 aromatic heterocycles. The van der Waals surface area contributed by atoms with Crippen LogP contribution in [0.2, 0.25) is 0 Å². The Labute approximate surface area is 271 Å². The molecule has 0 radical (unpaired) electrons. The van der Waals surface area contributed by atoms with Gasteiger partial charge in [-0.3, -0.25) is 9.59 Å². The van der Waals surface area contributed by atoms with Crippen LogP contribution >= 0.6 is 0 Å². The van der Waals surface area contributed by atoms with Gasteiger partial charge in [0.1, 0.15) is 12.2 Å². The fourth-order valence-corrected chi connectivity index (χ4v) is 12.9. The van der Waals surface area contributed by atoms with Crippen LogP contribution in [0.3, 0.4) is 0 Å². The van der Waals surface area contributed by atoms with E-state index in [1.165, 1.54) is 19.8 Å². The van der Waals surface area contributed by atoms with Gasteiger partial charge in [-0.15, -0.1) is 0 Å². The Bertz CT molecular complexity index is 1180. The number of Topliss-reactive ketones (excluding diaryl/α,β-unsaturated/α-hetero) is 1. The molecule has 13 atom stereocenters. The maximum absolute atomic E-state index is 15.0. The van der Waals surface area contributed by atoms with Crippen LogP contribution in [0.4, 0.5) is 0 Å². The fourth-order valence-electron chi connectivity index (χ4n) is 12.9. The number of hydrogen-bond acceptors (Lipinski definition) is 8. The molecule has 0 amide bonds. The Balaban J connectivity index is 1.27. The minimum absolute atomic E-state index is 0.0312. The fraction of sp³-hybridized carbons (Fsp3) is 0.946. The monoisotopic (exact) mass is 632 g/mol. The molecule has 0 N–H and O–H groups in total. The summed E-state index contributed by atoms with van der Waals surface area (Å²) in [6, 6.07) is 0. The van der Waals surface area contributed by atoms with Crippen molar-refractivity contribution in [3.05, 3.63) is 0 Å². The first kappa shape index (κ1) is 33.8. The predicted molar refractivity (Wildman–Crippen MR) is 169 cm³/mol. The van der Waals surface area contributed by atoms with E-state index in [2.05, 4.69) is 55.4 Å². The normalized spacial score (nSPS) is 47.8. The van der Waals surface area contributed by atoms with E-state index < -0.39 is 18.0 Å². The number of rotatable bonds is 8. The third-order valence-electron chi connectivity index (χ3n) is 14.8. The zero-order valence-corrected chi connectivity index (χ0v) is 29.8. The second-order valence-electron chi connectivity index (χ2n) is 18.0. The van der Waals surface area contributed by atoms with Crippen LogP contribution < -0.4 is 0 Å². The molecule has 6 rings (SSSR count). The van der Waals surface area contributed by atoms with E-state index >= 15 is 0 Å². The lowest BCUT2D eigenvalue weighted by molar-refractivity contribution is -0.335. The van der Waals surface area contributed by atoms with Crippen molar-refractivity contribution >= 4 is 11.8 Å². The summed E-state index contributed by atoms with van der Waals surface area (Å²) in [6.07, 6.45) is 7.51. The molecule has 0 unspecified atom stereocenters. The van der Waals surface area contributed by atoms with Gasteiger partial charge in [-0.05, 0) is 90.8 Å². The van der Waals surface area contributed by atoms with E-state index in [0.29, 0.717) is 23.5 Å². The highest BCUT2D eigenvalue weighted by Gasteiger charge is 2.85. The third kappa shape index (κ3) is 4.61. The topological polar surface area (TPSA) is 89.5 Å². The molecule has 256 valence electrons. The van der Waals surface area contributed by atoms with Crippen LogP contribution in [0.15, 0.2) is 0 Å². The summed E-state index contributed by atoms with van der Waals surface area (Å²) in [7, 11) is 3.21. The van der Waals surface area contributed by atoms with E-state index in [-0.39, 0.29) is 64.1 Å². The van der Waals surface area contributed by atoms with Crippen LogP contribution in [-0.4, -0.2) is 63.7 Å². The standard InChI is InChI=1S/C37H60O8/c1-21-18-23(30(32(3,4)5)43-22(2)38)44-28-27(21)34(8)16-17-37-19-36(37)15-14-26(45-31(41-11)42-20-40-10)33(6,7)24(36)12-13-25(37)35(34,9)29(28)39/h21,23-28,30-31H,12-20H2,1-11H3/t21-,23-,24+,25+,26+,27+,28+,30+,31+,34-,35-,36-,37+/m1/s1. The van der Waals surface area contributed by atoms with Crippen molar-refractivity contribution in [2.45, 2.75) is 145 Å². The SMILES string of the molecule is COCO[C@H](OC)O[C@H]1CC[C@]23C[C@]24CC[C@]2(C)[C@H]5[C@H](C)C[C@H]([C@H](OC(C)=O)C(C)(C)C)O[C@@H]5C(=O)[C@@]2(C)[C@@H]4CC[C@H]3C1(C)C. The molecule has 0 bridgehead atoms. The zero-order valence-electron chi connectivity index (χ0n) is 29.8. The molecule has 1 aliphatic heterocycles. The van der Waals surface area contributed by atoms with E-state index in [1.807, 2.05) is 0 Å². The van der Waals surface area contributed by atoms with Crippen LogP contribution in [0.25, 0.3) is 0 Å². The summed E-state index contributed by atoms with van der Waals surface area (Å²) in [5.41, 5.74) is -0.401. The molecule has 0 aromatic carbocycles. The van der Waals surface area contributed by atoms with Crippen molar-refractivity contribution in [3.8, 4) is 0 Å². The molecule has 6 fully saturated rings. The van der Waals surface area contributed by atoms with Gasteiger partial charge in [0.05, 0.1) is 12.2 Å². The largest absolute Gasteiger partial charge is 0.459 e. The van der Waals surface area contributed by atoms with E-state index in [4.69, 9.17) is 28.4 Å². The van der Waals surface area contributed by atoms with Gasteiger partial charge < -0.3 is 28.4 Å². The van der Waals surface area contributed by atoms with Crippen LogP contribution in [-0.2, 0) is 38.0 Å². The number of ketones is 1. The molecule has 1 heterocycles. The molecule has 5 aliphatic carbocycles. The van der Waals surface area contributed by atoms with Gasteiger partial charge >= 0.3 is 5.97 Å². The second kappa shape index (κ2) is 11.0. The quantitative estimate of drug-likeness (QED) is 0.210. The summed E-state index contributed by atoms with van der Waals surface area (Å²) in [5, 5.41) is 0. The van der Waals surface area contributed by atoms with Gasteiger partial charge in [0.25, 0.3) is 6.48 Å². The number of fused-ring (bicyclic) bond motifs is 4. The first-order valence-electron chi connectivity index (χ1n) is 17.6. The third-order valence-corrected chi connectivity index (χ3v) is 14.8. The van der Waals surface area contributed by atoms with Gasteiger partial charge in [0.2, 0.25) is 0 Å². The zero-order chi connectivity index (χ0) is 33.0. The van der Waals surface area contributed by atoms with Crippen molar-refractivity contribution < 1.29 is 38.0 Å². The van der Waals surface area contributed by atoms with Gasteiger partial charge in [-0.25, -0.2) is 0 Å². The smallest absolute Gasteiger partial charge is 0.303 e. The van der Waals surface area contributed by atoms with Gasteiger partial charge in [0.15, 0.2) is 12.6 Å². The number of ether oxygens (including phenoxy) is 6. The van der Waals surface area contributed by atoms with Crippen molar-refractivity contribution in [3.63, 3.8) is 0 Å². The summed E-state index contributed by atoms with van der Waals surface area (Å²) in [5.74, 6) is 1.42. The van der Waals surface area contributed by atoms with Gasteiger partial charge in [-0.2, -0.15) is 0 Å². The number of esters is 1. The summed E-state index contributed by atoms with van der Waals surface area (Å²) in [6.45, 7) is 19.0. The predicted octanol–water partition coefficient (Wildman–Crippen LogP) is 6.92. The summed E-state index contributed by atoms with van der Waals surface area (Å²) in [4.78, 5) is 27.1. The minimum atomic E-state index is -0.744. The molecular weight excluding hydrogens is 572 g/mol. The average Bonchev–Trinajstić information content (AvgIpc) is 3.59.